The molecular formula is C7H6IN3O. The molecular weight excluding hydrogens is 269 g/mol. The molecule has 0 bridgehead atoms. The molecule has 0 aromatic carbocycles. The molecule has 0 aliphatic carbocycles. The molecule has 0 saturated carbocycles. The molecule has 2 rings (SSSR count). The van der Waals surface area contributed by atoms with E-state index >= 15 is 0 Å². The van der Waals surface area contributed by atoms with Gasteiger partial charge in [0.1, 0.15) is 18.3 Å². The number of rotatable bonds is 0. The summed E-state index contributed by atoms with van der Waals surface area (Å²) in [6.07, 6.45) is 4.82. The number of carbonyl (C=O) groups excluding carboxylic acids is 1. The molecule has 2 aliphatic heterocycles. The third-order valence-electron chi connectivity index (χ3n) is 1.82. The second kappa shape index (κ2) is 2.96. The van der Waals surface area contributed by atoms with E-state index in [0.29, 0.717) is 0 Å². The predicted octanol–water partition coefficient (Wildman–Crippen LogP) is 0.490. The average molecular weight is 275 g/mol. The standard InChI is InChI=1S/C7H6IN3O/c8-5-2-10-7(12)4-1-9-3-11-6(4)5/h1-4,6H,(H,10,12). The maximum absolute atomic E-state index is 11.2. The summed E-state index contributed by atoms with van der Waals surface area (Å²) in [5.74, 6) is -0.243. The fraction of sp³-hybridized carbons (Fsp3) is 0.286. The van der Waals surface area contributed by atoms with Gasteiger partial charge < -0.3 is 5.32 Å². The van der Waals surface area contributed by atoms with Crippen LogP contribution in [-0.4, -0.2) is 24.5 Å². The van der Waals surface area contributed by atoms with Crippen LogP contribution in [-0.2, 0) is 4.79 Å². The van der Waals surface area contributed by atoms with E-state index in [9.17, 15) is 4.79 Å². The number of hydrogen-bond acceptors (Lipinski definition) is 3. The number of nitrogens with one attached hydrogen (secondary N) is 1. The van der Waals surface area contributed by atoms with Crippen molar-refractivity contribution in [2.75, 3.05) is 0 Å². The lowest BCUT2D eigenvalue weighted by Crippen LogP contribution is -2.41. The first-order valence-electron chi connectivity index (χ1n) is 3.50. The average Bonchev–Trinajstić information content (AvgIpc) is 2.12. The fourth-order valence-electron chi connectivity index (χ4n) is 1.19. The Morgan fingerprint density at radius 1 is 1.58 bits per heavy atom. The van der Waals surface area contributed by atoms with Crippen LogP contribution in [0.3, 0.4) is 0 Å². The van der Waals surface area contributed by atoms with Crippen molar-refractivity contribution in [3.05, 3.63) is 9.78 Å². The minimum Gasteiger partial charge on any atom is -0.331 e. The quantitative estimate of drug-likeness (QED) is 0.643. The molecule has 1 N–H and O–H groups in total. The molecule has 12 heavy (non-hydrogen) atoms. The van der Waals surface area contributed by atoms with Gasteiger partial charge in [-0.15, -0.1) is 0 Å². The van der Waals surface area contributed by atoms with Crippen molar-refractivity contribution in [1.82, 2.24) is 5.32 Å². The zero-order valence-corrected chi connectivity index (χ0v) is 8.22. The first kappa shape index (κ1) is 7.90. The highest BCUT2D eigenvalue weighted by Gasteiger charge is 2.32. The van der Waals surface area contributed by atoms with Gasteiger partial charge in [0.05, 0.1) is 0 Å². The summed E-state index contributed by atoms with van der Waals surface area (Å²) < 4.78 is 1.04. The molecule has 1 amide bonds. The molecule has 5 heteroatoms. The van der Waals surface area contributed by atoms with E-state index in [0.717, 1.165) is 3.58 Å². The van der Waals surface area contributed by atoms with E-state index in [1.807, 2.05) is 0 Å². The number of fused-ring (bicyclic) bond motifs is 1. The lowest BCUT2D eigenvalue weighted by atomic mass is 9.98. The number of aliphatic imine (C=N–C) groups is 2. The Kier molecular flexibility index (Phi) is 1.95. The van der Waals surface area contributed by atoms with Gasteiger partial charge in [-0.3, -0.25) is 9.79 Å². The minimum atomic E-state index is -0.216. The van der Waals surface area contributed by atoms with Gasteiger partial charge in [0.25, 0.3) is 0 Å². The fourth-order valence-corrected chi connectivity index (χ4v) is 1.90. The first-order valence-corrected chi connectivity index (χ1v) is 4.58. The molecule has 2 aliphatic rings. The van der Waals surface area contributed by atoms with Crippen LogP contribution in [0.5, 0.6) is 0 Å². The SMILES string of the molecule is O=C1NC=C(I)C2N=CN=CC12. The smallest absolute Gasteiger partial charge is 0.235 e. The van der Waals surface area contributed by atoms with Crippen molar-refractivity contribution in [2.45, 2.75) is 6.04 Å². The van der Waals surface area contributed by atoms with Crippen LogP contribution < -0.4 is 5.32 Å². The van der Waals surface area contributed by atoms with Gasteiger partial charge in [0.2, 0.25) is 5.91 Å². The lowest BCUT2D eigenvalue weighted by molar-refractivity contribution is -0.122. The van der Waals surface area contributed by atoms with Crippen molar-refractivity contribution in [3.63, 3.8) is 0 Å². The van der Waals surface area contributed by atoms with Crippen molar-refractivity contribution in [2.24, 2.45) is 15.9 Å². The summed E-state index contributed by atoms with van der Waals surface area (Å²) in [5, 5.41) is 2.66. The van der Waals surface area contributed by atoms with Crippen molar-refractivity contribution in [1.29, 1.82) is 0 Å². The molecule has 0 aromatic heterocycles. The van der Waals surface area contributed by atoms with Crippen LogP contribution in [0.25, 0.3) is 0 Å². The summed E-state index contributed by atoms with van der Waals surface area (Å²) >= 11 is 2.17. The van der Waals surface area contributed by atoms with Gasteiger partial charge in [-0.05, 0) is 22.6 Å². The Balaban J connectivity index is 2.36. The second-order valence-electron chi connectivity index (χ2n) is 2.57. The molecule has 0 saturated heterocycles. The van der Waals surface area contributed by atoms with Crippen LogP contribution in [0.1, 0.15) is 0 Å². The topological polar surface area (TPSA) is 53.8 Å². The summed E-state index contributed by atoms with van der Waals surface area (Å²) in [6.45, 7) is 0. The van der Waals surface area contributed by atoms with Gasteiger partial charge in [-0.1, -0.05) is 0 Å². The largest absolute Gasteiger partial charge is 0.331 e. The number of amides is 1. The number of hydrogen-bond donors (Lipinski definition) is 1. The van der Waals surface area contributed by atoms with Gasteiger partial charge >= 0.3 is 0 Å². The molecule has 0 radical (unpaired) electrons. The third-order valence-corrected chi connectivity index (χ3v) is 2.77. The molecule has 62 valence electrons. The van der Waals surface area contributed by atoms with Gasteiger partial charge in [0, 0.05) is 16.0 Å². The van der Waals surface area contributed by atoms with Crippen LogP contribution in [0.15, 0.2) is 19.8 Å². The first-order chi connectivity index (χ1) is 5.79. The maximum atomic E-state index is 11.2. The predicted molar refractivity (Wildman–Crippen MR) is 54.5 cm³/mol. The minimum absolute atomic E-state index is 0.0268. The van der Waals surface area contributed by atoms with Gasteiger partial charge in [-0.25, -0.2) is 4.99 Å². The Morgan fingerprint density at radius 2 is 2.42 bits per heavy atom. The summed E-state index contributed by atoms with van der Waals surface area (Å²) in [7, 11) is 0. The Hall–Kier alpha value is -0.720. The highest BCUT2D eigenvalue weighted by molar-refractivity contribution is 14.1. The molecule has 2 atom stereocenters. The Morgan fingerprint density at radius 3 is 3.17 bits per heavy atom. The van der Waals surface area contributed by atoms with Gasteiger partial charge in [0.15, 0.2) is 0 Å². The molecule has 2 heterocycles. The lowest BCUT2D eigenvalue weighted by Gasteiger charge is -2.24. The number of carbonyl (C=O) groups is 1. The zero-order chi connectivity index (χ0) is 8.55. The number of halogens is 1. The second-order valence-corrected chi connectivity index (χ2v) is 3.82. The van der Waals surface area contributed by atoms with Crippen LogP contribution in [0, 0.1) is 5.92 Å². The normalized spacial score (nSPS) is 32.4. The van der Waals surface area contributed by atoms with Crippen molar-refractivity contribution < 1.29 is 4.79 Å². The molecule has 2 unspecified atom stereocenters. The van der Waals surface area contributed by atoms with E-state index < -0.39 is 0 Å². The van der Waals surface area contributed by atoms with E-state index in [4.69, 9.17) is 0 Å². The van der Waals surface area contributed by atoms with E-state index in [2.05, 4.69) is 37.9 Å². The summed E-state index contributed by atoms with van der Waals surface area (Å²) in [6, 6.07) is -0.0446. The summed E-state index contributed by atoms with van der Waals surface area (Å²) in [5.41, 5.74) is 0. The number of nitrogens with zero attached hydrogens (tertiary/aromatic N) is 2. The molecule has 0 fully saturated rings. The highest BCUT2D eigenvalue weighted by Crippen LogP contribution is 2.25. The Labute approximate surface area is 83.0 Å². The monoisotopic (exact) mass is 275 g/mol. The van der Waals surface area contributed by atoms with Crippen molar-refractivity contribution in [3.8, 4) is 0 Å². The Bertz CT molecular complexity index is 308. The van der Waals surface area contributed by atoms with Crippen molar-refractivity contribution >= 4 is 41.1 Å². The van der Waals surface area contributed by atoms with Crippen LogP contribution >= 0.6 is 22.6 Å². The molecule has 0 aromatic rings. The third kappa shape index (κ3) is 1.17. The zero-order valence-electron chi connectivity index (χ0n) is 6.07. The highest BCUT2D eigenvalue weighted by atomic mass is 127. The van der Waals surface area contributed by atoms with Crippen LogP contribution in [0.4, 0.5) is 0 Å². The van der Waals surface area contributed by atoms with E-state index in [-0.39, 0.29) is 17.9 Å². The summed E-state index contributed by atoms with van der Waals surface area (Å²) in [4.78, 5) is 19.2. The maximum Gasteiger partial charge on any atom is 0.235 e. The molecule has 4 nitrogen and oxygen atoms in total. The van der Waals surface area contributed by atoms with Crippen LogP contribution in [0.2, 0.25) is 0 Å². The van der Waals surface area contributed by atoms with E-state index in [1.165, 1.54) is 6.34 Å². The van der Waals surface area contributed by atoms with E-state index in [1.54, 1.807) is 12.4 Å². The van der Waals surface area contributed by atoms with Gasteiger partial charge in [-0.2, -0.15) is 0 Å². The molecule has 0 spiro atoms.